The second-order valence-corrected chi connectivity index (χ2v) is 6.05. The van der Waals surface area contributed by atoms with E-state index < -0.39 is 6.04 Å². The Hall–Kier alpha value is -2.15. The number of carbonyl (C=O) groups excluding carboxylic acids is 1. The molecule has 1 atom stereocenters. The fourth-order valence-electron chi connectivity index (χ4n) is 2.79. The predicted octanol–water partition coefficient (Wildman–Crippen LogP) is 3.73. The molecule has 3 rings (SSSR count). The summed E-state index contributed by atoms with van der Waals surface area (Å²) in [6.07, 6.45) is 1.60. The molecule has 0 bridgehead atoms. The molecule has 2 aromatic rings. The van der Waals surface area contributed by atoms with Gasteiger partial charge in [0, 0.05) is 25.0 Å². The Morgan fingerprint density at radius 2 is 1.85 bits per heavy atom. The molecule has 1 saturated heterocycles. The highest BCUT2D eigenvalue weighted by Gasteiger charge is 2.26. The van der Waals surface area contributed by atoms with Crippen molar-refractivity contribution in [3.05, 3.63) is 54.3 Å². The van der Waals surface area contributed by atoms with Gasteiger partial charge in [-0.25, -0.2) is 4.39 Å². The van der Waals surface area contributed by atoms with Crippen LogP contribution in [0.5, 0.6) is 11.5 Å². The molecule has 1 aliphatic heterocycles. The van der Waals surface area contributed by atoms with Crippen molar-refractivity contribution in [1.29, 1.82) is 0 Å². The van der Waals surface area contributed by atoms with Gasteiger partial charge < -0.3 is 20.5 Å². The summed E-state index contributed by atoms with van der Waals surface area (Å²) in [5, 5.41) is 2.82. The van der Waals surface area contributed by atoms with E-state index >= 15 is 0 Å². The Balaban J connectivity index is 0.00000243. The van der Waals surface area contributed by atoms with E-state index in [1.54, 1.807) is 36.4 Å². The molecular formula is C19H22ClFN2O3. The molecule has 0 aliphatic carbocycles. The van der Waals surface area contributed by atoms with Crippen molar-refractivity contribution in [2.24, 2.45) is 11.7 Å². The number of rotatable bonds is 5. The minimum Gasteiger partial charge on any atom is -0.457 e. The summed E-state index contributed by atoms with van der Waals surface area (Å²) < 4.78 is 24.0. The summed E-state index contributed by atoms with van der Waals surface area (Å²) in [4.78, 5) is 12.3. The van der Waals surface area contributed by atoms with Crippen LogP contribution in [-0.2, 0) is 9.53 Å². The summed E-state index contributed by atoms with van der Waals surface area (Å²) in [6.45, 7) is 1.30. The molecule has 0 aromatic heterocycles. The van der Waals surface area contributed by atoms with Crippen LogP contribution in [0.3, 0.4) is 0 Å². The number of ether oxygens (including phenoxy) is 2. The van der Waals surface area contributed by atoms with E-state index in [4.69, 9.17) is 15.2 Å². The van der Waals surface area contributed by atoms with Gasteiger partial charge in [0.2, 0.25) is 5.91 Å². The molecular weight excluding hydrogens is 359 g/mol. The predicted molar refractivity (Wildman–Crippen MR) is 100 cm³/mol. The highest BCUT2D eigenvalue weighted by atomic mass is 35.5. The van der Waals surface area contributed by atoms with E-state index in [1.165, 1.54) is 12.1 Å². The first kappa shape index (κ1) is 20.2. The molecule has 1 amide bonds. The van der Waals surface area contributed by atoms with Crippen LogP contribution in [0.2, 0.25) is 0 Å². The number of nitrogens with one attached hydrogen (secondary N) is 1. The second kappa shape index (κ2) is 9.52. The molecule has 26 heavy (non-hydrogen) atoms. The van der Waals surface area contributed by atoms with Gasteiger partial charge >= 0.3 is 0 Å². The van der Waals surface area contributed by atoms with Crippen LogP contribution in [0.4, 0.5) is 10.1 Å². The van der Waals surface area contributed by atoms with Crippen molar-refractivity contribution in [3.63, 3.8) is 0 Å². The SMILES string of the molecule is Cl.NC(C(=O)Nc1ccc(Oc2cccc(F)c2)cc1)C1CCOCC1. The van der Waals surface area contributed by atoms with Crippen molar-refractivity contribution >= 4 is 24.0 Å². The second-order valence-electron chi connectivity index (χ2n) is 6.05. The lowest BCUT2D eigenvalue weighted by molar-refractivity contribution is -0.119. The van der Waals surface area contributed by atoms with E-state index in [1.807, 2.05) is 0 Å². The molecule has 140 valence electrons. The van der Waals surface area contributed by atoms with E-state index in [9.17, 15) is 9.18 Å². The molecule has 1 unspecified atom stereocenters. The average Bonchev–Trinajstić information content (AvgIpc) is 2.63. The molecule has 7 heteroatoms. The van der Waals surface area contributed by atoms with Crippen LogP contribution in [0.1, 0.15) is 12.8 Å². The molecule has 1 fully saturated rings. The van der Waals surface area contributed by atoms with Crippen LogP contribution in [0.15, 0.2) is 48.5 Å². The number of benzene rings is 2. The maximum atomic E-state index is 13.2. The lowest BCUT2D eigenvalue weighted by Crippen LogP contribution is -2.43. The first-order valence-corrected chi connectivity index (χ1v) is 8.29. The zero-order valence-electron chi connectivity index (χ0n) is 14.2. The number of hydrogen-bond donors (Lipinski definition) is 2. The maximum absolute atomic E-state index is 13.2. The standard InChI is InChI=1S/C19H21FN2O3.ClH/c20-14-2-1-3-17(12-14)25-16-6-4-15(5-7-16)22-19(23)18(21)13-8-10-24-11-9-13;/h1-7,12-13,18H,8-11,21H2,(H,22,23);1H. The zero-order valence-corrected chi connectivity index (χ0v) is 15.0. The molecule has 0 radical (unpaired) electrons. The fourth-order valence-corrected chi connectivity index (χ4v) is 2.79. The minimum absolute atomic E-state index is 0. The van der Waals surface area contributed by atoms with Gasteiger partial charge in [0.15, 0.2) is 0 Å². The summed E-state index contributed by atoms with van der Waals surface area (Å²) in [7, 11) is 0. The monoisotopic (exact) mass is 380 g/mol. The molecule has 0 spiro atoms. The smallest absolute Gasteiger partial charge is 0.241 e. The third kappa shape index (κ3) is 5.42. The van der Waals surface area contributed by atoms with Crippen LogP contribution in [-0.4, -0.2) is 25.2 Å². The zero-order chi connectivity index (χ0) is 17.6. The number of hydrogen-bond acceptors (Lipinski definition) is 4. The number of amides is 1. The van der Waals surface area contributed by atoms with Crippen molar-refractivity contribution in [2.75, 3.05) is 18.5 Å². The van der Waals surface area contributed by atoms with Crippen LogP contribution in [0.25, 0.3) is 0 Å². The molecule has 0 saturated carbocycles. The van der Waals surface area contributed by atoms with Crippen molar-refractivity contribution in [2.45, 2.75) is 18.9 Å². The maximum Gasteiger partial charge on any atom is 0.241 e. The molecule has 5 nitrogen and oxygen atoms in total. The molecule has 3 N–H and O–H groups in total. The first-order chi connectivity index (χ1) is 12.1. The Morgan fingerprint density at radius 1 is 1.15 bits per heavy atom. The van der Waals surface area contributed by atoms with Gasteiger partial charge in [-0.1, -0.05) is 6.07 Å². The fraction of sp³-hybridized carbons (Fsp3) is 0.316. The highest BCUT2D eigenvalue weighted by Crippen LogP contribution is 2.24. The van der Waals surface area contributed by atoms with E-state index in [-0.39, 0.29) is 30.0 Å². The minimum atomic E-state index is -0.549. The summed E-state index contributed by atoms with van der Waals surface area (Å²) >= 11 is 0. The molecule has 1 aliphatic rings. The van der Waals surface area contributed by atoms with Crippen LogP contribution < -0.4 is 15.8 Å². The largest absolute Gasteiger partial charge is 0.457 e. The van der Waals surface area contributed by atoms with E-state index in [0.29, 0.717) is 30.4 Å². The number of nitrogens with two attached hydrogens (primary N) is 1. The Bertz CT molecular complexity index is 721. The number of halogens is 2. The van der Waals surface area contributed by atoms with Crippen molar-refractivity contribution in [1.82, 2.24) is 0 Å². The third-order valence-corrected chi connectivity index (χ3v) is 4.23. The van der Waals surface area contributed by atoms with Gasteiger partial charge in [-0.2, -0.15) is 0 Å². The van der Waals surface area contributed by atoms with Gasteiger partial charge in [0.25, 0.3) is 0 Å². The van der Waals surface area contributed by atoms with Crippen LogP contribution >= 0.6 is 12.4 Å². The summed E-state index contributed by atoms with van der Waals surface area (Å²) in [5.41, 5.74) is 6.70. The Kier molecular flexibility index (Phi) is 7.38. The van der Waals surface area contributed by atoms with Crippen LogP contribution in [0, 0.1) is 11.7 Å². The Labute approximate surface area is 158 Å². The highest BCUT2D eigenvalue weighted by molar-refractivity contribution is 5.94. The molecule has 1 heterocycles. The van der Waals surface area contributed by atoms with E-state index in [0.717, 1.165) is 12.8 Å². The first-order valence-electron chi connectivity index (χ1n) is 8.29. The van der Waals surface area contributed by atoms with E-state index in [2.05, 4.69) is 5.32 Å². The van der Waals surface area contributed by atoms with Crippen molar-refractivity contribution in [3.8, 4) is 11.5 Å². The van der Waals surface area contributed by atoms with Gasteiger partial charge in [-0.05, 0) is 55.2 Å². The number of carbonyl (C=O) groups is 1. The van der Waals surface area contributed by atoms with Gasteiger partial charge in [0.05, 0.1) is 6.04 Å². The Morgan fingerprint density at radius 3 is 2.50 bits per heavy atom. The third-order valence-electron chi connectivity index (χ3n) is 4.23. The topological polar surface area (TPSA) is 73.6 Å². The number of anilines is 1. The lowest BCUT2D eigenvalue weighted by Gasteiger charge is -2.26. The van der Waals surface area contributed by atoms with Gasteiger partial charge in [-0.15, -0.1) is 12.4 Å². The lowest BCUT2D eigenvalue weighted by atomic mass is 9.92. The average molecular weight is 381 g/mol. The van der Waals surface area contributed by atoms with Gasteiger partial charge in [0.1, 0.15) is 17.3 Å². The van der Waals surface area contributed by atoms with Crippen molar-refractivity contribution < 1.29 is 18.7 Å². The molecule has 2 aromatic carbocycles. The summed E-state index contributed by atoms with van der Waals surface area (Å²) in [6, 6.07) is 12.2. The summed E-state index contributed by atoms with van der Waals surface area (Å²) in [5.74, 6) is 0.550. The van der Waals surface area contributed by atoms with Gasteiger partial charge in [-0.3, -0.25) is 4.79 Å². The normalized spacial score (nSPS) is 15.6. The quantitative estimate of drug-likeness (QED) is 0.828.